The number of carbonyl (C=O) groups excluding carboxylic acids is 1. The first-order chi connectivity index (χ1) is 13.3. The van der Waals surface area contributed by atoms with E-state index in [4.69, 9.17) is 0 Å². The highest BCUT2D eigenvalue weighted by Crippen LogP contribution is 2.33. The summed E-state index contributed by atoms with van der Waals surface area (Å²) in [5.74, 6) is -0.0953. The number of amides is 1. The van der Waals surface area contributed by atoms with Crippen LogP contribution in [-0.2, 0) is 11.2 Å². The molecule has 3 aromatic rings. The number of nitrogens with one attached hydrogen (secondary N) is 3. The summed E-state index contributed by atoms with van der Waals surface area (Å²) in [5, 5.41) is 7.32. The molecule has 1 saturated heterocycles. The molecule has 29 heavy (non-hydrogen) atoms. The molecule has 2 aromatic heterocycles. The van der Waals surface area contributed by atoms with Crippen LogP contribution in [0.5, 0.6) is 0 Å². The zero-order chi connectivity index (χ0) is 18.2. The topological polar surface area (TPSA) is 85.9 Å². The van der Waals surface area contributed by atoms with Crippen LogP contribution in [0.25, 0.3) is 10.9 Å². The molecule has 2 aliphatic rings. The van der Waals surface area contributed by atoms with Crippen LogP contribution in [0, 0.1) is 0 Å². The van der Waals surface area contributed by atoms with Crippen molar-refractivity contribution in [3.8, 4) is 0 Å². The fourth-order valence-corrected chi connectivity index (χ4v) is 4.12. The van der Waals surface area contributed by atoms with Crippen molar-refractivity contribution in [2.75, 3.05) is 29.9 Å². The zero-order valence-electron chi connectivity index (χ0n) is 15.9. The SMILES string of the molecule is Cl.Cl.O=C(Nc1ccc(N2CCCC2)c2ncccc12)C1NCCc2[nH]cnc21. The first-order valence-corrected chi connectivity index (χ1v) is 9.50. The number of benzene rings is 1. The average molecular weight is 435 g/mol. The van der Waals surface area contributed by atoms with Crippen LogP contribution in [0.15, 0.2) is 36.8 Å². The standard InChI is InChI=1S/C20H22N6O.2ClH/c27-20(19-18-15(7-9-22-19)23-12-24-18)25-14-5-6-16(26-10-1-2-11-26)17-13(14)4-3-8-21-17;;/h3-6,8,12,19,22H,1-2,7,9-11H2,(H,23,24)(H,25,27);2*1H. The number of hydrogen-bond acceptors (Lipinski definition) is 5. The van der Waals surface area contributed by atoms with Crippen LogP contribution >= 0.6 is 24.8 Å². The third-order valence-corrected chi connectivity index (χ3v) is 5.46. The van der Waals surface area contributed by atoms with E-state index in [1.54, 1.807) is 6.33 Å². The van der Waals surface area contributed by atoms with E-state index in [0.717, 1.165) is 59.7 Å². The lowest BCUT2D eigenvalue weighted by molar-refractivity contribution is -0.118. The Morgan fingerprint density at radius 2 is 1.97 bits per heavy atom. The summed E-state index contributed by atoms with van der Waals surface area (Å²) in [5.41, 5.74) is 4.69. The lowest BCUT2D eigenvalue weighted by Crippen LogP contribution is -2.38. The van der Waals surface area contributed by atoms with Gasteiger partial charge in [0.15, 0.2) is 0 Å². The Labute approximate surface area is 181 Å². The largest absolute Gasteiger partial charge is 0.370 e. The zero-order valence-corrected chi connectivity index (χ0v) is 17.5. The molecule has 1 amide bonds. The fraction of sp³-hybridized carbons (Fsp3) is 0.350. The molecule has 154 valence electrons. The minimum atomic E-state index is -0.440. The second-order valence-corrected chi connectivity index (χ2v) is 7.12. The number of halogens is 2. The van der Waals surface area contributed by atoms with Gasteiger partial charge in [-0.1, -0.05) is 0 Å². The van der Waals surface area contributed by atoms with Gasteiger partial charge in [-0.3, -0.25) is 9.78 Å². The molecule has 0 spiro atoms. The molecule has 1 unspecified atom stereocenters. The maximum Gasteiger partial charge on any atom is 0.247 e. The second kappa shape index (κ2) is 8.98. The fourth-order valence-electron chi connectivity index (χ4n) is 4.12. The molecular weight excluding hydrogens is 411 g/mol. The summed E-state index contributed by atoms with van der Waals surface area (Å²) in [7, 11) is 0. The third kappa shape index (κ3) is 3.90. The normalized spacial score (nSPS) is 17.9. The van der Waals surface area contributed by atoms with Crippen molar-refractivity contribution in [3.63, 3.8) is 0 Å². The van der Waals surface area contributed by atoms with Gasteiger partial charge >= 0.3 is 0 Å². The van der Waals surface area contributed by atoms with Crippen molar-refractivity contribution in [3.05, 3.63) is 48.2 Å². The quantitative estimate of drug-likeness (QED) is 0.588. The number of carbonyl (C=O) groups is 1. The van der Waals surface area contributed by atoms with E-state index in [9.17, 15) is 4.79 Å². The number of aromatic amines is 1. The van der Waals surface area contributed by atoms with Crippen molar-refractivity contribution in [1.29, 1.82) is 0 Å². The van der Waals surface area contributed by atoms with Gasteiger partial charge in [0.05, 0.1) is 28.9 Å². The Morgan fingerprint density at radius 1 is 1.14 bits per heavy atom. The molecule has 1 aromatic carbocycles. The van der Waals surface area contributed by atoms with Crippen LogP contribution in [0.4, 0.5) is 11.4 Å². The third-order valence-electron chi connectivity index (χ3n) is 5.46. The molecule has 0 saturated carbocycles. The number of rotatable bonds is 3. The minimum absolute atomic E-state index is 0. The summed E-state index contributed by atoms with van der Waals surface area (Å²) in [6, 6.07) is 7.56. The van der Waals surface area contributed by atoms with Crippen molar-refractivity contribution >= 4 is 53.0 Å². The van der Waals surface area contributed by atoms with E-state index in [-0.39, 0.29) is 30.7 Å². The molecule has 5 rings (SSSR count). The minimum Gasteiger partial charge on any atom is -0.370 e. The number of imidazole rings is 1. The Bertz CT molecular complexity index is 1000. The molecule has 0 aliphatic carbocycles. The highest BCUT2D eigenvalue weighted by molar-refractivity contribution is 6.06. The highest BCUT2D eigenvalue weighted by atomic mass is 35.5. The van der Waals surface area contributed by atoms with E-state index in [0.29, 0.717) is 0 Å². The first-order valence-electron chi connectivity index (χ1n) is 9.50. The second-order valence-electron chi connectivity index (χ2n) is 7.12. The molecule has 0 bridgehead atoms. The summed E-state index contributed by atoms with van der Waals surface area (Å²) >= 11 is 0. The van der Waals surface area contributed by atoms with E-state index < -0.39 is 6.04 Å². The Balaban J connectivity index is 0.00000120. The number of hydrogen-bond donors (Lipinski definition) is 3. The van der Waals surface area contributed by atoms with Gasteiger partial charge in [-0.25, -0.2) is 4.98 Å². The first kappa shape index (κ1) is 21.4. The van der Waals surface area contributed by atoms with E-state index in [1.807, 2.05) is 24.4 Å². The molecule has 7 nitrogen and oxygen atoms in total. The van der Waals surface area contributed by atoms with Gasteiger partial charge in [0, 0.05) is 43.3 Å². The summed E-state index contributed by atoms with van der Waals surface area (Å²) in [4.78, 5) is 27.4. The van der Waals surface area contributed by atoms with Crippen molar-refractivity contribution in [2.45, 2.75) is 25.3 Å². The molecule has 0 radical (unpaired) electrons. The number of aromatic nitrogens is 3. The Kier molecular flexibility index (Phi) is 6.62. The lowest BCUT2D eigenvalue weighted by atomic mass is 10.0. The predicted octanol–water partition coefficient (Wildman–Crippen LogP) is 3.23. The van der Waals surface area contributed by atoms with Gasteiger partial charge < -0.3 is 20.5 Å². The smallest absolute Gasteiger partial charge is 0.247 e. The van der Waals surface area contributed by atoms with Crippen molar-refractivity contribution in [1.82, 2.24) is 20.3 Å². The Hall–Kier alpha value is -2.35. The van der Waals surface area contributed by atoms with Crippen molar-refractivity contribution < 1.29 is 4.79 Å². The number of H-pyrrole nitrogens is 1. The van der Waals surface area contributed by atoms with E-state index >= 15 is 0 Å². The predicted molar refractivity (Wildman–Crippen MR) is 119 cm³/mol. The van der Waals surface area contributed by atoms with Gasteiger partial charge in [-0.2, -0.15) is 0 Å². The highest BCUT2D eigenvalue weighted by Gasteiger charge is 2.29. The van der Waals surface area contributed by atoms with Gasteiger partial charge in [0.25, 0.3) is 0 Å². The maximum absolute atomic E-state index is 13.0. The van der Waals surface area contributed by atoms with Crippen LogP contribution in [0.1, 0.15) is 30.3 Å². The van der Waals surface area contributed by atoms with Crippen LogP contribution in [-0.4, -0.2) is 40.5 Å². The average Bonchev–Trinajstić information content (AvgIpc) is 3.39. The van der Waals surface area contributed by atoms with Gasteiger partial charge in [-0.05, 0) is 37.1 Å². The maximum atomic E-state index is 13.0. The van der Waals surface area contributed by atoms with Gasteiger partial charge in [-0.15, -0.1) is 24.8 Å². The van der Waals surface area contributed by atoms with Crippen molar-refractivity contribution in [2.24, 2.45) is 0 Å². The molecule has 1 atom stereocenters. The van der Waals surface area contributed by atoms with Gasteiger partial charge in [0.2, 0.25) is 5.91 Å². The molecule has 2 aliphatic heterocycles. The monoisotopic (exact) mass is 434 g/mol. The number of fused-ring (bicyclic) bond motifs is 2. The van der Waals surface area contributed by atoms with Gasteiger partial charge in [0.1, 0.15) is 6.04 Å². The van der Waals surface area contributed by atoms with Crippen LogP contribution < -0.4 is 15.5 Å². The number of anilines is 2. The summed E-state index contributed by atoms with van der Waals surface area (Å²) in [6.45, 7) is 2.88. The summed E-state index contributed by atoms with van der Waals surface area (Å²) < 4.78 is 0. The molecular formula is C20H24Cl2N6O. The molecule has 1 fully saturated rings. The number of pyridine rings is 1. The Morgan fingerprint density at radius 3 is 2.79 bits per heavy atom. The van der Waals surface area contributed by atoms with Crippen LogP contribution in [0.3, 0.4) is 0 Å². The van der Waals surface area contributed by atoms with E-state index in [2.05, 4.69) is 36.6 Å². The molecule has 4 heterocycles. The summed E-state index contributed by atoms with van der Waals surface area (Å²) in [6.07, 6.45) is 6.75. The number of nitrogens with zero attached hydrogens (tertiary/aromatic N) is 3. The molecule has 3 N–H and O–H groups in total. The lowest BCUT2D eigenvalue weighted by Gasteiger charge is -2.23. The molecule has 9 heteroatoms. The van der Waals surface area contributed by atoms with Crippen LogP contribution in [0.2, 0.25) is 0 Å². The van der Waals surface area contributed by atoms with E-state index in [1.165, 1.54) is 12.8 Å².